The van der Waals surface area contributed by atoms with Crippen molar-refractivity contribution < 1.29 is 4.79 Å². The lowest BCUT2D eigenvalue weighted by Gasteiger charge is -2.19. The Bertz CT molecular complexity index is 596. The number of fused-ring (bicyclic) bond motifs is 1. The molecule has 20 heavy (non-hydrogen) atoms. The van der Waals surface area contributed by atoms with Crippen molar-refractivity contribution in [3.8, 4) is 0 Å². The molecule has 0 fully saturated rings. The van der Waals surface area contributed by atoms with Gasteiger partial charge in [0.15, 0.2) is 5.13 Å². The Morgan fingerprint density at radius 1 is 1.25 bits per heavy atom. The molecule has 2 heterocycles. The van der Waals surface area contributed by atoms with E-state index in [-0.39, 0.29) is 5.91 Å². The zero-order valence-corrected chi connectivity index (χ0v) is 12.0. The van der Waals surface area contributed by atoms with Crippen molar-refractivity contribution in [1.29, 1.82) is 0 Å². The Hall–Kier alpha value is -1.88. The topological polar surface area (TPSA) is 59.2 Å². The summed E-state index contributed by atoms with van der Waals surface area (Å²) in [6.45, 7) is 1.57. The monoisotopic (exact) mass is 287 g/mol. The first-order valence-electron chi connectivity index (χ1n) is 6.77. The van der Waals surface area contributed by atoms with Crippen molar-refractivity contribution in [3.63, 3.8) is 0 Å². The van der Waals surface area contributed by atoms with Crippen LogP contribution in [0.2, 0.25) is 0 Å². The maximum atomic E-state index is 12.3. The lowest BCUT2D eigenvalue weighted by atomic mass is 10.0. The molecule has 1 aromatic carbocycles. The average molecular weight is 287 g/mol. The van der Waals surface area contributed by atoms with Crippen LogP contribution in [0, 0.1) is 0 Å². The molecule has 0 aliphatic carbocycles. The Morgan fingerprint density at radius 3 is 2.45 bits per heavy atom. The molecule has 3 rings (SSSR count). The number of thiazole rings is 1. The third-order valence-corrected chi connectivity index (χ3v) is 4.40. The van der Waals surface area contributed by atoms with E-state index in [0.29, 0.717) is 11.6 Å². The first-order valence-corrected chi connectivity index (χ1v) is 7.65. The van der Waals surface area contributed by atoms with Crippen LogP contribution < -0.4 is 5.73 Å². The van der Waals surface area contributed by atoms with Gasteiger partial charge in [0.1, 0.15) is 0 Å². The van der Waals surface area contributed by atoms with Crippen molar-refractivity contribution in [2.75, 3.05) is 18.8 Å². The number of carbonyl (C=O) groups is 1. The number of nitrogens with two attached hydrogens (primary N) is 1. The van der Waals surface area contributed by atoms with E-state index in [0.717, 1.165) is 31.6 Å². The number of aromatic nitrogens is 1. The molecule has 1 aromatic heterocycles. The molecule has 0 unspecified atom stereocenters. The number of nitrogens with zero attached hydrogens (tertiary/aromatic N) is 2. The van der Waals surface area contributed by atoms with Crippen molar-refractivity contribution in [1.82, 2.24) is 9.88 Å². The second kappa shape index (κ2) is 5.63. The van der Waals surface area contributed by atoms with Gasteiger partial charge in [-0.25, -0.2) is 4.98 Å². The molecule has 4 nitrogen and oxygen atoms in total. The van der Waals surface area contributed by atoms with Crippen LogP contribution in [0.4, 0.5) is 5.13 Å². The quantitative estimate of drug-likeness (QED) is 0.917. The molecule has 0 saturated heterocycles. The van der Waals surface area contributed by atoms with Gasteiger partial charge >= 0.3 is 0 Å². The number of amides is 1. The summed E-state index contributed by atoms with van der Waals surface area (Å²) in [4.78, 5) is 18.4. The number of benzene rings is 1. The summed E-state index contributed by atoms with van der Waals surface area (Å²) >= 11 is 1.38. The van der Waals surface area contributed by atoms with Gasteiger partial charge in [0.25, 0.3) is 0 Å². The van der Waals surface area contributed by atoms with E-state index >= 15 is 0 Å². The number of anilines is 1. The zero-order valence-electron chi connectivity index (χ0n) is 11.2. The van der Waals surface area contributed by atoms with Gasteiger partial charge in [-0.2, -0.15) is 0 Å². The largest absolute Gasteiger partial charge is 0.375 e. The van der Waals surface area contributed by atoms with Gasteiger partial charge in [-0.3, -0.25) is 4.79 Å². The van der Waals surface area contributed by atoms with Gasteiger partial charge in [-0.1, -0.05) is 24.3 Å². The minimum absolute atomic E-state index is 0.142. The number of nitrogen functional groups attached to an aromatic ring is 1. The molecule has 0 bridgehead atoms. The first kappa shape index (κ1) is 13.1. The number of carbonyl (C=O) groups excluding carboxylic acids is 1. The Balaban J connectivity index is 1.66. The minimum atomic E-state index is 0.142. The van der Waals surface area contributed by atoms with Crippen molar-refractivity contribution in [3.05, 3.63) is 46.5 Å². The number of hydrogen-bond acceptors (Lipinski definition) is 4. The molecule has 0 atom stereocenters. The normalized spacial score (nSPS) is 14.7. The van der Waals surface area contributed by atoms with E-state index in [1.807, 2.05) is 10.3 Å². The smallest absolute Gasteiger partial charge is 0.228 e. The molecular weight excluding hydrogens is 270 g/mol. The number of hydrogen-bond donors (Lipinski definition) is 1. The van der Waals surface area contributed by atoms with Crippen molar-refractivity contribution in [2.24, 2.45) is 0 Å². The molecule has 0 spiro atoms. The highest BCUT2D eigenvalue weighted by molar-refractivity contribution is 7.13. The van der Waals surface area contributed by atoms with E-state index in [1.54, 1.807) is 0 Å². The fourth-order valence-electron chi connectivity index (χ4n) is 2.59. The van der Waals surface area contributed by atoms with Gasteiger partial charge in [-0.05, 0) is 24.0 Å². The van der Waals surface area contributed by atoms with Crippen molar-refractivity contribution in [2.45, 2.75) is 19.3 Å². The summed E-state index contributed by atoms with van der Waals surface area (Å²) in [6.07, 6.45) is 2.21. The predicted octanol–water partition coefficient (Wildman–Crippen LogP) is 1.90. The molecule has 0 saturated carbocycles. The van der Waals surface area contributed by atoms with Crippen molar-refractivity contribution >= 4 is 22.4 Å². The summed E-state index contributed by atoms with van der Waals surface area (Å²) in [6, 6.07) is 8.44. The van der Waals surface area contributed by atoms with E-state index < -0.39 is 0 Å². The molecule has 1 aliphatic rings. The highest BCUT2D eigenvalue weighted by atomic mass is 32.1. The fraction of sp³-hybridized carbons (Fsp3) is 0.333. The van der Waals surface area contributed by atoms with Crippen LogP contribution in [-0.2, 0) is 24.1 Å². The predicted molar refractivity (Wildman–Crippen MR) is 80.7 cm³/mol. The van der Waals surface area contributed by atoms with Crippen LogP contribution in [0.15, 0.2) is 29.6 Å². The fourth-order valence-corrected chi connectivity index (χ4v) is 3.15. The van der Waals surface area contributed by atoms with Gasteiger partial charge in [0, 0.05) is 18.5 Å². The van der Waals surface area contributed by atoms with E-state index in [2.05, 4.69) is 29.2 Å². The van der Waals surface area contributed by atoms with E-state index in [1.165, 1.54) is 22.5 Å². The highest BCUT2D eigenvalue weighted by Gasteiger charge is 2.19. The maximum Gasteiger partial charge on any atom is 0.228 e. The van der Waals surface area contributed by atoms with Crippen LogP contribution in [0.5, 0.6) is 0 Å². The highest BCUT2D eigenvalue weighted by Crippen LogP contribution is 2.17. The minimum Gasteiger partial charge on any atom is -0.375 e. The Kier molecular flexibility index (Phi) is 3.69. The van der Waals surface area contributed by atoms with Gasteiger partial charge in [0.2, 0.25) is 5.91 Å². The molecular formula is C15H17N3OS. The first-order chi connectivity index (χ1) is 9.72. The summed E-state index contributed by atoms with van der Waals surface area (Å²) in [5, 5.41) is 2.39. The molecule has 1 aliphatic heterocycles. The van der Waals surface area contributed by atoms with E-state index in [4.69, 9.17) is 5.73 Å². The molecule has 104 valence electrons. The molecule has 2 aromatic rings. The summed E-state index contributed by atoms with van der Waals surface area (Å²) < 4.78 is 0. The lowest BCUT2D eigenvalue weighted by Crippen LogP contribution is -2.34. The Morgan fingerprint density at radius 2 is 1.90 bits per heavy atom. The van der Waals surface area contributed by atoms with Gasteiger partial charge < -0.3 is 10.6 Å². The average Bonchev–Trinajstić information content (AvgIpc) is 2.74. The van der Waals surface area contributed by atoms with Crippen LogP contribution in [0.25, 0.3) is 0 Å². The maximum absolute atomic E-state index is 12.3. The second-order valence-electron chi connectivity index (χ2n) is 5.00. The second-order valence-corrected chi connectivity index (χ2v) is 5.89. The summed E-state index contributed by atoms with van der Waals surface area (Å²) in [7, 11) is 0. The van der Waals surface area contributed by atoms with Crippen LogP contribution in [0.3, 0.4) is 0 Å². The standard InChI is InChI=1S/C15H17N3OS/c16-15-17-13(10-20-15)9-14(19)18-7-5-11-3-1-2-4-12(11)6-8-18/h1-4,10H,5-9H2,(H2,16,17). The van der Waals surface area contributed by atoms with E-state index in [9.17, 15) is 4.79 Å². The lowest BCUT2D eigenvalue weighted by molar-refractivity contribution is -0.130. The van der Waals surface area contributed by atoms with Gasteiger partial charge in [0.05, 0.1) is 12.1 Å². The third kappa shape index (κ3) is 2.82. The van der Waals surface area contributed by atoms with Gasteiger partial charge in [-0.15, -0.1) is 11.3 Å². The van der Waals surface area contributed by atoms with Crippen LogP contribution >= 0.6 is 11.3 Å². The number of rotatable bonds is 2. The van der Waals surface area contributed by atoms with Crippen LogP contribution in [0.1, 0.15) is 16.8 Å². The third-order valence-electron chi connectivity index (χ3n) is 3.68. The summed E-state index contributed by atoms with van der Waals surface area (Å²) in [5.41, 5.74) is 9.10. The Labute approximate surface area is 122 Å². The SMILES string of the molecule is Nc1nc(CC(=O)N2CCc3ccccc3CC2)cs1. The molecule has 2 N–H and O–H groups in total. The summed E-state index contributed by atoms with van der Waals surface area (Å²) in [5.74, 6) is 0.142. The van der Waals surface area contributed by atoms with Crippen LogP contribution in [-0.4, -0.2) is 28.9 Å². The zero-order chi connectivity index (χ0) is 13.9. The molecule has 1 amide bonds. The molecule has 0 radical (unpaired) electrons. The molecule has 5 heteroatoms.